The van der Waals surface area contributed by atoms with Gasteiger partial charge in [0.05, 0.1) is 12.2 Å². The molecule has 4 heteroatoms. The highest BCUT2D eigenvalue weighted by Crippen LogP contribution is 2.27. The van der Waals surface area contributed by atoms with Crippen molar-refractivity contribution in [2.45, 2.75) is 57.2 Å². The first kappa shape index (κ1) is 17.2. The topological polar surface area (TPSA) is 27.7 Å². The molecule has 0 bridgehead atoms. The molecule has 1 N–H and O–H groups in total. The van der Waals surface area contributed by atoms with Gasteiger partial charge in [0, 0.05) is 50.6 Å². The Kier molecular flexibility index (Phi) is 5.78. The molecule has 138 valence electrons. The molecule has 0 aromatic heterocycles. The van der Waals surface area contributed by atoms with E-state index < -0.39 is 0 Å². The fourth-order valence-electron chi connectivity index (χ4n) is 4.52. The summed E-state index contributed by atoms with van der Waals surface area (Å²) in [5.41, 5.74) is 2.73. The molecule has 3 aliphatic rings. The molecule has 25 heavy (non-hydrogen) atoms. The van der Waals surface area contributed by atoms with Crippen molar-refractivity contribution in [2.24, 2.45) is 0 Å². The molecule has 1 aromatic carbocycles. The van der Waals surface area contributed by atoms with E-state index in [0.717, 1.165) is 39.3 Å². The zero-order chi connectivity index (χ0) is 16.9. The Labute approximate surface area is 152 Å². The van der Waals surface area contributed by atoms with E-state index in [1.165, 1.54) is 56.3 Å². The van der Waals surface area contributed by atoms with Crippen molar-refractivity contribution in [1.29, 1.82) is 0 Å². The molecule has 0 atom stereocenters. The number of nitrogens with zero attached hydrogens (tertiary/aromatic N) is 2. The maximum absolute atomic E-state index is 6.38. The summed E-state index contributed by atoms with van der Waals surface area (Å²) in [6.45, 7) is 6.67. The molecule has 1 saturated carbocycles. The lowest BCUT2D eigenvalue weighted by Gasteiger charge is -2.36. The van der Waals surface area contributed by atoms with Gasteiger partial charge < -0.3 is 19.9 Å². The maximum atomic E-state index is 6.38. The molecule has 1 aliphatic carbocycles. The van der Waals surface area contributed by atoms with E-state index in [2.05, 4.69) is 39.4 Å². The van der Waals surface area contributed by atoms with Gasteiger partial charge in [-0.1, -0.05) is 19.3 Å². The molecule has 2 saturated heterocycles. The highest BCUT2D eigenvalue weighted by atomic mass is 16.5. The Hall–Kier alpha value is -1.26. The van der Waals surface area contributed by atoms with Crippen LogP contribution in [0.3, 0.4) is 0 Å². The van der Waals surface area contributed by atoms with Crippen molar-refractivity contribution in [1.82, 2.24) is 5.32 Å². The standard InChI is InChI=1S/C21H33N3O/c1-2-4-20(5-3-1)25-21-10-14-23(15-11-21)18-6-8-19(9-7-18)24-16-12-22-13-17-24/h6-9,20-22H,1-5,10-17H2. The molecule has 4 nitrogen and oxygen atoms in total. The minimum Gasteiger partial charge on any atom is -0.375 e. The average Bonchev–Trinajstić information content (AvgIpc) is 2.70. The van der Waals surface area contributed by atoms with Crippen molar-refractivity contribution in [3.05, 3.63) is 24.3 Å². The number of benzene rings is 1. The monoisotopic (exact) mass is 343 g/mol. The van der Waals surface area contributed by atoms with Crippen LogP contribution in [0.25, 0.3) is 0 Å². The quantitative estimate of drug-likeness (QED) is 0.907. The SMILES string of the molecule is c1cc(N2CCC(OC3CCCCC3)CC2)ccc1N1CCNCC1. The molecule has 1 aromatic rings. The van der Waals surface area contributed by atoms with E-state index in [4.69, 9.17) is 4.74 Å². The van der Waals surface area contributed by atoms with Gasteiger partial charge in [-0.05, 0) is 49.9 Å². The lowest BCUT2D eigenvalue weighted by atomic mass is 9.97. The summed E-state index contributed by atoms with van der Waals surface area (Å²) >= 11 is 0. The predicted octanol–water partition coefficient (Wildman–Crippen LogP) is 3.41. The first-order chi connectivity index (χ1) is 12.4. The Bertz CT molecular complexity index is 512. The number of piperidine rings is 1. The van der Waals surface area contributed by atoms with Crippen molar-refractivity contribution >= 4 is 11.4 Å². The Morgan fingerprint density at radius 2 is 1.20 bits per heavy atom. The zero-order valence-electron chi connectivity index (χ0n) is 15.5. The molecule has 0 amide bonds. The van der Waals surface area contributed by atoms with Crippen LogP contribution in [-0.4, -0.2) is 51.5 Å². The van der Waals surface area contributed by atoms with Gasteiger partial charge in [0.1, 0.15) is 0 Å². The van der Waals surface area contributed by atoms with E-state index in [-0.39, 0.29) is 0 Å². The first-order valence-electron chi connectivity index (χ1n) is 10.3. The summed E-state index contributed by atoms with van der Waals surface area (Å²) in [5, 5.41) is 3.42. The van der Waals surface area contributed by atoms with Crippen LogP contribution in [0, 0.1) is 0 Å². The second-order valence-electron chi connectivity index (χ2n) is 7.84. The van der Waals surface area contributed by atoms with Gasteiger partial charge in [-0.3, -0.25) is 0 Å². The number of hydrogen-bond acceptors (Lipinski definition) is 4. The van der Waals surface area contributed by atoms with Gasteiger partial charge in [0.25, 0.3) is 0 Å². The Morgan fingerprint density at radius 3 is 1.80 bits per heavy atom. The second-order valence-corrected chi connectivity index (χ2v) is 7.84. The number of anilines is 2. The normalized spacial score (nSPS) is 23.8. The molecule has 0 spiro atoms. The molecular weight excluding hydrogens is 310 g/mol. The molecule has 3 fully saturated rings. The number of rotatable bonds is 4. The smallest absolute Gasteiger partial charge is 0.0612 e. The summed E-state index contributed by atoms with van der Waals surface area (Å²) < 4.78 is 6.38. The molecule has 2 aliphatic heterocycles. The van der Waals surface area contributed by atoms with Gasteiger partial charge >= 0.3 is 0 Å². The van der Waals surface area contributed by atoms with Crippen LogP contribution in [0.5, 0.6) is 0 Å². The van der Waals surface area contributed by atoms with Gasteiger partial charge in [-0.15, -0.1) is 0 Å². The summed E-state index contributed by atoms with van der Waals surface area (Å²) in [4.78, 5) is 5.01. The van der Waals surface area contributed by atoms with E-state index in [1.54, 1.807) is 0 Å². The zero-order valence-corrected chi connectivity index (χ0v) is 15.5. The van der Waals surface area contributed by atoms with Gasteiger partial charge in [-0.25, -0.2) is 0 Å². The minimum atomic E-state index is 0.486. The fourth-order valence-corrected chi connectivity index (χ4v) is 4.52. The Morgan fingerprint density at radius 1 is 0.680 bits per heavy atom. The van der Waals surface area contributed by atoms with Crippen molar-refractivity contribution in [2.75, 3.05) is 49.1 Å². The Balaban J connectivity index is 1.27. The highest BCUT2D eigenvalue weighted by molar-refractivity contribution is 5.56. The van der Waals surface area contributed by atoms with Crippen LogP contribution >= 0.6 is 0 Å². The van der Waals surface area contributed by atoms with Gasteiger partial charge in [-0.2, -0.15) is 0 Å². The van der Waals surface area contributed by atoms with Crippen LogP contribution in [0.2, 0.25) is 0 Å². The highest BCUT2D eigenvalue weighted by Gasteiger charge is 2.24. The summed E-state index contributed by atoms with van der Waals surface area (Å²) in [6, 6.07) is 9.20. The minimum absolute atomic E-state index is 0.486. The van der Waals surface area contributed by atoms with Crippen LogP contribution in [0.1, 0.15) is 44.9 Å². The third-order valence-electron chi connectivity index (χ3n) is 6.08. The van der Waals surface area contributed by atoms with E-state index in [9.17, 15) is 0 Å². The lowest BCUT2D eigenvalue weighted by Crippen LogP contribution is -2.43. The summed E-state index contributed by atoms with van der Waals surface area (Å²) in [5.74, 6) is 0. The predicted molar refractivity (Wildman–Crippen MR) is 105 cm³/mol. The van der Waals surface area contributed by atoms with Crippen LogP contribution in [0.15, 0.2) is 24.3 Å². The van der Waals surface area contributed by atoms with Crippen molar-refractivity contribution in [3.63, 3.8) is 0 Å². The second kappa shape index (κ2) is 8.41. The maximum Gasteiger partial charge on any atom is 0.0612 e. The third kappa shape index (κ3) is 4.48. The van der Waals surface area contributed by atoms with Crippen LogP contribution < -0.4 is 15.1 Å². The summed E-state index contributed by atoms with van der Waals surface area (Å²) in [7, 11) is 0. The lowest BCUT2D eigenvalue weighted by molar-refractivity contribution is -0.0395. The summed E-state index contributed by atoms with van der Waals surface area (Å²) in [6.07, 6.45) is 10.1. The largest absolute Gasteiger partial charge is 0.375 e. The number of nitrogens with one attached hydrogen (secondary N) is 1. The molecule has 4 rings (SSSR count). The molecule has 0 unspecified atom stereocenters. The first-order valence-corrected chi connectivity index (χ1v) is 10.3. The van der Waals surface area contributed by atoms with E-state index in [0.29, 0.717) is 12.2 Å². The number of piperazine rings is 1. The van der Waals surface area contributed by atoms with Crippen LogP contribution in [-0.2, 0) is 4.74 Å². The van der Waals surface area contributed by atoms with E-state index in [1.807, 2.05) is 0 Å². The number of ether oxygens (including phenoxy) is 1. The van der Waals surface area contributed by atoms with Gasteiger partial charge in [0.15, 0.2) is 0 Å². The molecular formula is C21H33N3O. The average molecular weight is 344 g/mol. The molecule has 0 radical (unpaired) electrons. The number of hydrogen-bond donors (Lipinski definition) is 1. The van der Waals surface area contributed by atoms with Crippen LogP contribution in [0.4, 0.5) is 11.4 Å². The van der Waals surface area contributed by atoms with Crippen molar-refractivity contribution < 1.29 is 4.74 Å². The third-order valence-corrected chi connectivity index (χ3v) is 6.08. The van der Waals surface area contributed by atoms with E-state index >= 15 is 0 Å². The fraction of sp³-hybridized carbons (Fsp3) is 0.714. The molecule has 2 heterocycles. The van der Waals surface area contributed by atoms with Gasteiger partial charge in [0.2, 0.25) is 0 Å². The van der Waals surface area contributed by atoms with Crippen molar-refractivity contribution in [3.8, 4) is 0 Å².